The second-order valence-corrected chi connectivity index (χ2v) is 6.13. The van der Waals surface area contributed by atoms with Crippen molar-refractivity contribution in [1.82, 2.24) is 14.5 Å². The summed E-state index contributed by atoms with van der Waals surface area (Å²) < 4.78 is 1.99. The maximum atomic E-state index is 12.5. The SMILES string of the molecule is CC1CN(c2cccc(Cl)c2)C(=O)CN1Cc1nccn1C. The van der Waals surface area contributed by atoms with Gasteiger partial charge in [0.15, 0.2) is 0 Å². The number of amides is 1. The lowest BCUT2D eigenvalue weighted by atomic mass is 10.1. The minimum atomic E-state index is 0.0922. The van der Waals surface area contributed by atoms with Crippen molar-refractivity contribution in [2.24, 2.45) is 7.05 Å². The molecule has 2 aromatic rings. The Morgan fingerprint density at radius 1 is 1.41 bits per heavy atom. The van der Waals surface area contributed by atoms with Crippen LogP contribution in [0.5, 0.6) is 0 Å². The first-order chi connectivity index (χ1) is 10.5. The summed E-state index contributed by atoms with van der Waals surface area (Å²) in [7, 11) is 1.97. The molecule has 1 unspecified atom stereocenters. The summed E-state index contributed by atoms with van der Waals surface area (Å²) >= 11 is 6.03. The van der Waals surface area contributed by atoms with Crippen molar-refractivity contribution in [3.63, 3.8) is 0 Å². The largest absolute Gasteiger partial charge is 0.337 e. The molecule has 1 aromatic heterocycles. The molecule has 1 amide bonds. The minimum absolute atomic E-state index is 0.0922. The lowest BCUT2D eigenvalue weighted by molar-refractivity contribution is -0.122. The van der Waals surface area contributed by atoms with Crippen LogP contribution in [0.25, 0.3) is 0 Å². The summed E-state index contributed by atoms with van der Waals surface area (Å²) in [5, 5.41) is 0.647. The van der Waals surface area contributed by atoms with Gasteiger partial charge in [0, 0.05) is 42.7 Å². The third-order valence-electron chi connectivity index (χ3n) is 4.09. The highest BCUT2D eigenvalue weighted by Crippen LogP contribution is 2.23. The quantitative estimate of drug-likeness (QED) is 0.872. The van der Waals surface area contributed by atoms with Crippen LogP contribution in [0, 0.1) is 0 Å². The summed E-state index contributed by atoms with van der Waals surface area (Å²) in [5.74, 6) is 1.06. The van der Waals surface area contributed by atoms with Crippen molar-refractivity contribution in [3.8, 4) is 0 Å². The van der Waals surface area contributed by atoms with Crippen LogP contribution in [0.3, 0.4) is 0 Å². The molecule has 5 nitrogen and oxygen atoms in total. The molecule has 1 fully saturated rings. The number of aryl methyl sites for hydroxylation is 1. The van der Waals surface area contributed by atoms with Gasteiger partial charge >= 0.3 is 0 Å². The zero-order valence-electron chi connectivity index (χ0n) is 12.7. The monoisotopic (exact) mass is 318 g/mol. The summed E-state index contributed by atoms with van der Waals surface area (Å²) in [6.07, 6.45) is 3.70. The second kappa shape index (κ2) is 6.10. The Bertz CT molecular complexity index is 684. The predicted octanol–water partition coefficient (Wildman–Crippen LogP) is 2.31. The molecule has 0 aliphatic carbocycles. The number of aromatic nitrogens is 2. The highest BCUT2D eigenvalue weighted by atomic mass is 35.5. The van der Waals surface area contributed by atoms with Gasteiger partial charge in [0.1, 0.15) is 5.82 Å². The average Bonchev–Trinajstić information content (AvgIpc) is 2.88. The molecule has 1 atom stereocenters. The highest BCUT2D eigenvalue weighted by Gasteiger charge is 2.30. The van der Waals surface area contributed by atoms with Gasteiger partial charge in [0.05, 0.1) is 13.1 Å². The molecular weight excluding hydrogens is 300 g/mol. The Morgan fingerprint density at radius 3 is 2.91 bits per heavy atom. The standard InChI is InChI=1S/C16H19ClN4O/c1-12-9-21(14-5-3-4-13(17)8-14)16(22)11-20(12)10-15-18-6-7-19(15)2/h3-8,12H,9-11H2,1-2H3. The molecule has 2 heterocycles. The lowest BCUT2D eigenvalue weighted by Gasteiger charge is -2.39. The molecule has 6 heteroatoms. The van der Waals surface area contributed by atoms with Crippen LogP contribution < -0.4 is 4.90 Å². The van der Waals surface area contributed by atoms with Crippen molar-refractivity contribution in [3.05, 3.63) is 47.5 Å². The summed E-state index contributed by atoms with van der Waals surface area (Å²) in [6, 6.07) is 7.70. The average molecular weight is 319 g/mol. The minimum Gasteiger partial charge on any atom is -0.337 e. The fraction of sp³-hybridized carbons (Fsp3) is 0.375. The second-order valence-electron chi connectivity index (χ2n) is 5.69. The first-order valence-electron chi connectivity index (χ1n) is 7.31. The van der Waals surface area contributed by atoms with E-state index in [-0.39, 0.29) is 11.9 Å². The smallest absolute Gasteiger partial charge is 0.241 e. The maximum Gasteiger partial charge on any atom is 0.241 e. The van der Waals surface area contributed by atoms with E-state index in [0.29, 0.717) is 24.7 Å². The first kappa shape index (κ1) is 15.1. The molecule has 1 saturated heterocycles. The number of hydrogen-bond donors (Lipinski definition) is 0. The number of benzene rings is 1. The number of carbonyl (C=O) groups excluding carboxylic acids is 1. The van der Waals surface area contributed by atoms with Crippen LogP contribution in [0.4, 0.5) is 5.69 Å². The van der Waals surface area contributed by atoms with Gasteiger partial charge in [-0.3, -0.25) is 9.69 Å². The topological polar surface area (TPSA) is 41.4 Å². The molecule has 0 spiro atoms. The van der Waals surface area contributed by atoms with Crippen molar-refractivity contribution in [1.29, 1.82) is 0 Å². The maximum absolute atomic E-state index is 12.5. The van der Waals surface area contributed by atoms with Gasteiger partial charge in [-0.2, -0.15) is 0 Å². The van der Waals surface area contributed by atoms with Crippen LogP contribution in [0.15, 0.2) is 36.7 Å². The zero-order valence-corrected chi connectivity index (χ0v) is 13.5. The van der Waals surface area contributed by atoms with E-state index in [1.165, 1.54) is 0 Å². The predicted molar refractivity (Wildman–Crippen MR) is 86.9 cm³/mol. The van der Waals surface area contributed by atoms with Crippen molar-refractivity contribution in [2.75, 3.05) is 18.0 Å². The number of anilines is 1. The molecule has 0 saturated carbocycles. The third kappa shape index (κ3) is 3.00. The normalized spacial score (nSPS) is 19.7. The van der Waals surface area contributed by atoms with Gasteiger partial charge in [-0.25, -0.2) is 4.98 Å². The Hall–Kier alpha value is -1.85. The Labute approximate surface area is 135 Å². The van der Waals surface area contributed by atoms with Gasteiger partial charge < -0.3 is 9.47 Å². The molecule has 22 heavy (non-hydrogen) atoms. The zero-order chi connectivity index (χ0) is 15.7. The van der Waals surface area contributed by atoms with E-state index < -0.39 is 0 Å². The van der Waals surface area contributed by atoms with E-state index in [2.05, 4.69) is 16.8 Å². The Balaban J connectivity index is 1.74. The molecule has 1 aliphatic rings. The summed E-state index contributed by atoms with van der Waals surface area (Å²) in [4.78, 5) is 20.8. The number of rotatable bonds is 3. The highest BCUT2D eigenvalue weighted by molar-refractivity contribution is 6.30. The molecule has 0 radical (unpaired) electrons. The molecule has 0 N–H and O–H groups in total. The van der Waals surface area contributed by atoms with Crippen molar-refractivity contribution < 1.29 is 4.79 Å². The van der Waals surface area contributed by atoms with E-state index >= 15 is 0 Å². The lowest BCUT2D eigenvalue weighted by Crippen LogP contribution is -2.55. The van der Waals surface area contributed by atoms with E-state index in [9.17, 15) is 4.79 Å². The molecule has 3 rings (SSSR count). The fourth-order valence-corrected chi connectivity index (χ4v) is 2.92. The van der Waals surface area contributed by atoms with E-state index in [1.807, 2.05) is 47.0 Å². The van der Waals surface area contributed by atoms with Crippen LogP contribution in [0.2, 0.25) is 5.02 Å². The van der Waals surface area contributed by atoms with Crippen LogP contribution >= 0.6 is 11.6 Å². The van der Waals surface area contributed by atoms with Crippen LogP contribution in [0.1, 0.15) is 12.7 Å². The molecule has 1 aromatic carbocycles. The van der Waals surface area contributed by atoms with Gasteiger partial charge in [-0.1, -0.05) is 17.7 Å². The van der Waals surface area contributed by atoms with E-state index in [0.717, 1.165) is 11.5 Å². The number of carbonyl (C=O) groups is 1. The number of hydrogen-bond acceptors (Lipinski definition) is 3. The van der Waals surface area contributed by atoms with Crippen molar-refractivity contribution in [2.45, 2.75) is 19.5 Å². The van der Waals surface area contributed by atoms with Gasteiger partial charge in [-0.15, -0.1) is 0 Å². The Kier molecular flexibility index (Phi) is 4.18. The third-order valence-corrected chi connectivity index (χ3v) is 4.33. The first-order valence-corrected chi connectivity index (χ1v) is 7.68. The number of imidazole rings is 1. The summed E-state index contributed by atoms with van der Waals surface area (Å²) in [5.41, 5.74) is 0.862. The number of piperazine rings is 1. The van der Waals surface area contributed by atoms with Crippen LogP contribution in [-0.4, -0.2) is 39.5 Å². The molecule has 116 valence electrons. The van der Waals surface area contributed by atoms with Crippen LogP contribution in [-0.2, 0) is 18.4 Å². The molecule has 1 aliphatic heterocycles. The van der Waals surface area contributed by atoms with Gasteiger partial charge in [0.25, 0.3) is 0 Å². The number of halogens is 1. The molecule has 0 bridgehead atoms. The van der Waals surface area contributed by atoms with E-state index in [4.69, 9.17) is 11.6 Å². The summed E-state index contributed by atoms with van der Waals surface area (Å²) in [6.45, 7) is 3.86. The van der Waals surface area contributed by atoms with Gasteiger partial charge in [0.2, 0.25) is 5.91 Å². The van der Waals surface area contributed by atoms with Gasteiger partial charge in [-0.05, 0) is 25.1 Å². The molecular formula is C16H19ClN4O. The fourth-order valence-electron chi connectivity index (χ4n) is 2.73. The van der Waals surface area contributed by atoms with Crippen molar-refractivity contribution >= 4 is 23.2 Å². The Morgan fingerprint density at radius 2 is 2.23 bits per heavy atom. The number of nitrogens with zero attached hydrogens (tertiary/aromatic N) is 4. The van der Waals surface area contributed by atoms with E-state index in [1.54, 1.807) is 6.20 Å².